The van der Waals surface area contributed by atoms with E-state index in [0.717, 1.165) is 11.7 Å². The van der Waals surface area contributed by atoms with E-state index >= 15 is 0 Å². The quantitative estimate of drug-likeness (QED) is 0.782. The van der Waals surface area contributed by atoms with Gasteiger partial charge in [-0.15, -0.1) is 5.10 Å². The highest BCUT2D eigenvalue weighted by Gasteiger charge is 2.28. The van der Waals surface area contributed by atoms with Crippen molar-refractivity contribution in [2.45, 2.75) is 45.2 Å². The molecule has 14 heavy (non-hydrogen) atoms. The third-order valence-electron chi connectivity index (χ3n) is 3.14. The molecule has 0 spiro atoms. The average molecular weight is 195 g/mol. The molecule has 2 unspecified atom stereocenters. The molecule has 5 nitrogen and oxygen atoms in total. The third kappa shape index (κ3) is 1.52. The van der Waals surface area contributed by atoms with Gasteiger partial charge in [-0.25, -0.2) is 4.68 Å². The Morgan fingerprint density at radius 3 is 2.64 bits per heavy atom. The van der Waals surface area contributed by atoms with Crippen LogP contribution in [0.4, 0.5) is 0 Å². The molecule has 0 amide bonds. The van der Waals surface area contributed by atoms with Crippen molar-refractivity contribution in [2.75, 3.05) is 0 Å². The van der Waals surface area contributed by atoms with Crippen LogP contribution < -0.4 is 5.73 Å². The Morgan fingerprint density at radius 1 is 1.43 bits per heavy atom. The van der Waals surface area contributed by atoms with Gasteiger partial charge in [-0.1, -0.05) is 6.42 Å². The van der Waals surface area contributed by atoms with Gasteiger partial charge in [0.1, 0.15) is 0 Å². The lowest BCUT2D eigenvalue weighted by molar-refractivity contribution is 0.203. The van der Waals surface area contributed by atoms with Gasteiger partial charge < -0.3 is 5.73 Å². The molecule has 0 saturated heterocycles. The molecule has 1 aliphatic carbocycles. The topological polar surface area (TPSA) is 69.6 Å². The van der Waals surface area contributed by atoms with Gasteiger partial charge in [-0.05, 0) is 43.0 Å². The van der Waals surface area contributed by atoms with E-state index in [1.54, 1.807) is 0 Å². The fourth-order valence-electron chi connectivity index (χ4n) is 1.91. The standard InChI is InChI=1S/C9H17N5/c1-6(10)9-11-12-13-14(9)7(2)8-4-3-5-8/h6-8H,3-5,10H2,1-2H3. The molecule has 2 N–H and O–H groups in total. The molecule has 1 aliphatic rings. The highest BCUT2D eigenvalue weighted by molar-refractivity contribution is 4.92. The molecule has 5 heteroatoms. The van der Waals surface area contributed by atoms with Crippen LogP contribution in [0.25, 0.3) is 0 Å². The number of hydrogen-bond donors (Lipinski definition) is 1. The van der Waals surface area contributed by atoms with E-state index < -0.39 is 0 Å². The Balaban J connectivity index is 2.17. The van der Waals surface area contributed by atoms with Crippen LogP contribution in [0, 0.1) is 5.92 Å². The van der Waals surface area contributed by atoms with Crippen molar-refractivity contribution in [3.8, 4) is 0 Å². The normalized spacial score (nSPS) is 21.6. The highest BCUT2D eigenvalue weighted by Crippen LogP contribution is 2.36. The zero-order chi connectivity index (χ0) is 10.1. The van der Waals surface area contributed by atoms with Crippen molar-refractivity contribution >= 4 is 0 Å². The number of nitrogens with zero attached hydrogens (tertiary/aromatic N) is 4. The van der Waals surface area contributed by atoms with Gasteiger partial charge >= 0.3 is 0 Å². The van der Waals surface area contributed by atoms with Gasteiger partial charge in [0.2, 0.25) is 0 Å². The first kappa shape index (κ1) is 9.58. The zero-order valence-electron chi connectivity index (χ0n) is 8.72. The summed E-state index contributed by atoms with van der Waals surface area (Å²) in [7, 11) is 0. The Bertz CT molecular complexity index is 302. The summed E-state index contributed by atoms with van der Waals surface area (Å²) in [5, 5.41) is 11.7. The third-order valence-corrected chi connectivity index (χ3v) is 3.14. The Kier molecular flexibility index (Phi) is 2.50. The van der Waals surface area contributed by atoms with Crippen LogP contribution >= 0.6 is 0 Å². The molecule has 1 aromatic heterocycles. The number of nitrogens with two attached hydrogens (primary N) is 1. The fraction of sp³-hybridized carbons (Fsp3) is 0.889. The summed E-state index contributed by atoms with van der Waals surface area (Å²) in [5.41, 5.74) is 5.79. The van der Waals surface area contributed by atoms with Crippen molar-refractivity contribution in [1.82, 2.24) is 20.2 Å². The second-order valence-corrected chi connectivity index (χ2v) is 4.20. The Hall–Kier alpha value is -0.970. The summed E-state index contributed by atoms with van der Waals surface area (Å²) >= 11 is 0. The van der Waals surface area contributed by atoms with Crippen LogP contribution in [0.5, 0.6) is 0 Å². The summed E-state index contributed by atoms with van der Waals surface area (Å²) in [4.78, 5) is 0. The van der Waals surface area contributed by atoms with Crippen molar-refractivity contribution in [3.05, 3.63) is 5.82 Å². The maximum atomic E-state index is 5.79. The summed E-state index contributed by atoms with van der Waals surface area (Å²) < 4.78 is 1.88. The van der Waals surface area contributed by atoms with Crippen molar-refractivity contribution in [3.63, 3.8) is 0 Å². The minimum atomic E-state index is -0.0903. The minimum Gasteiger partial charge on any atom is -0.322 e. The molecule has 1 aromatic rings. The predicted octanol–water partition coefficient (Wildman–Crippen LogP) is 1.05. The minimum absolute atomic E-state index is 0.0903. The molecule has 0 aliphatic heterocycles. The fourth-order valence-corrected chi connectivity index (χ4v) is 1.91. The average Bonchev–Trinajstić information content (AvgIpc) is 2.47. The summed E-state index contributed by atoms with van der Waals surface area (Å²) in [5.74, 6) is 1.53. The molecule has 0 aromatic carbocycles. The van der Waals surface area contributed by atoms with Crippen LogP contribution in [-0.4, -0.2) is 20.2 Å². The smallest absolute Gasteiger partial charge is 0.167 e. The number of hydrogen-bond acceptors (Lipinski definition) is 4. The largest absolute Gasteiger partial charge is 0.322 e. The van der Waals surface area contributed by atoms with Crippen LogP contribution in [0.2, 0.25) is 0 Å². The van der Waals surface area contributed by atoms with E-state index in [2.05, 4.69) is 22.4 Å². The molecule has 0 bridgehead atoms. The van der Waals surface area contributed by atoms with Gasteiger partial charge in [0.05, 0.1) is 12.1 Å². The maximum Gasteiger partial charge on any atom is 0.167 e. The molecule has 78 valence electrons. The first-order chi connectivity index (χ1) is 6.70. The first-order valence-electron chi connectivity index (χ1n) is 5.23. The second-order valence-electron chi connectivity index (χ2n) is 4.20. The Morgan fingerprint density at radius 2 is 2.14 bits per heavy atom. The molecule has 1 fully saturated rings. The molecule has 1 saturated carbocycles. The second kappa shape index (κ2) is 3.65. The van der Waals surface area contributed by atoms with Crippen molar-refractivity contribution < 1.29 is 0 Å². The van der Waals surface area contributed by atoms with E-state index in [9.17, 15) is 0 Å². The van der Waals surface area contributed by atoms with E-state index in [-0.39, 0.29) is 6.04 Å². The molecule has 0 radical (unpaired) electrons. The summed E-state index contributed by atoms with van der Waals surface area (Å²) in [6, 6.07) is 0.298. The molecular weight excluding hydrogens is 178 g/mol. The monoisotopic (exact) mass is 195 g/mol. The SMILES string of the molecule is CC(N)c1nnnn1C(C)C1CCC1. The molecular formula is C9H17N5. The van der Waals surface area contributed by atoms with Gasteiger partial charge in [0.25, 0.3) is 0 Å². The van der Waals surface area contributed by atoms with E-state index in [0.29, 0.717) is 6.04 Å². The lowest BCUT2D eigenvalue weighted by atomic mass is 9.80. The van der Waals surface area contributed by atoms with Gasteiger partial charge in [-0.2, -0.15) is 0 Å². The molecule has 2 rings (SSSR count). The number of rotatable bonds is 3. The van der Waals surface area contributed by atoms with Crippen molar-refractivity contribution in [1.29, 1.82) is 0 Å². The maximum absolute atomic E-state index is 5.79. The van der Waals surface area contributed by atoms with Crippen molar-refractivity contribution in [2.24, 2.45) is 11.7 Å². The Labute approximate surface area is 83.7 Å². The summed E-state index contributed by atoms with van der Waals surface area (Å²) in [6.07, 6.45) is 3.92. The lowest BCUT2D eigenvalue weighted by Crippen LogP contribution is -2.26. The van der Waals surface area contributed by atoms with Gasteiger partial charge in [0.15, 0.2) is 5.82 Å². The van der Waals surface area contributed by atoms with E-state index in [1.807, 2.05) is 11.6 Å². The van der Waals surface area contributed by atoms with Crippen LogP contribution in [0.15, 0.2) is 0 Å². The van der Waals surface area contributed by atoms with Gasteiger partial charge in [0, 0.05) is 0 Å². The first-order valence-corrected chi connectivity index (χ1v) is 5.23. The van der Waals surface area contributed by atoms with Crippen LogP contribution in [-0.2, 0) is 0 Å². The van der Waals surface area contributed by atoms with E-state index in [1.165, 1.54) is 19.3 Å². The molecule has 2 atom stereocenters. The summed E-state index contributed by atoms with van der Waals surface area (Å²) in [6.45, 7) is 4.09. The predicted molar refractivity (Wildman–Crippen MR) is 52.5 cm³/mol. The number of tetrazole rings is 1. The van der Waals surface area contributed by atoms with Crippen LogP contribution in [0.1, 0.15) is 51.0 Å². The molecule has 1 heterocycles. The number of aromatic nitrogens is 4. The van der Waals surface area contributed by atoms with Gasteiger partial charge in [-0.3, -0.25) is 0 Å². The highest BCUT2D eigenvalue weighted by atomic mass is 15.6. The lowest BCUT2D eigenvalue weighted by Gasteiger charge is -2.31. The van der Waals surface area contributed by atoms with Crippen LogP contribution in [0.3, 0.4) is 0 Å². The zero-order valence-corrected chi connectivity index (χ0v) is 8.72. The van der Waals surface area contributed by atoms with E-state index in [4.69, 9.17) is 5.73 Å².